The number of carboxylic acids is 2. The van der Waals surface area contributed by atoms with Crippen LogP contribution in [0.4, 0.5) is 0 Å². The molecule has 6 rings (SSSR count). The van der Waals surface area contributed by atoms with Crippen LogP contribution in [0.3, 0.4) is 0 Å². The van der Waals surface area contributed by atoms with Gasteiger partial charge >= 0.3 is 11.9 Å². The Hall–Kier alpha value is -5.92. The minimum atomic E-state index is -1.48. The average molecular weight is 758 g/mol. The van der Waals surface area contributed by atoms with Gasteiger partial charge in [0.05, 0.1) is 22.8 Å². The van der Waals surface area contributed by atoms with Crippen molar-refractivity contribution in [1.29, 1.82) is 10.5 Å². The van der Waals surface area contributed by atoms with Crippen molar-refractivity contribution in [2.24, 2.45) is 0 Å². The number of hydrogen-bond acceptors (Lipinski definition) is 8. The van der Waals surface area contributed by atoms with Gasteiger partial charge in [0.1, 0.15) is 12.1 Å². The molecule has 0 saturated carbocycles. The van der Waals surface area contributed by atoms with Crippen LogP contribution in [0.2, 0.25) is 20.1 Å². The molecule has 0 radical (unpaired) electrons. The molecule has 6 aromatic rings. The third-order valence-corrected chi connectivity index (χ3v) is 7.89. The first-order chi connectivity index (χ1) is 24.0. The molecule has 51 heavy (non-hydrogen) atoms. The van der Waals surface area contributed by atoms with Crippen molar-refractivity contribution in [2.75, 3.05) is 0 Å². The molecule has 0 aliphatic rings. The van der Waals surface area contributed by atoms with Crippen LogP contribution in [0.5, 0.6) is 0 Å². The molecular weight excluding hydrogens is 738 g/mol. The smallest absolute Gasteiger partial charge is 0.357 e. The number of rotatable bonds is 6. The summed E-state index contributed by atoms with van der Waals surface area (Å²) >= 11 is 23.7. The summed E-state index contributed by atoms with van der Waals surface area (Å²) < 4.78 is 0. The van der Waals surface area contributed by atoms with Crippen molar-refractivity contribution in [2.45, 2.75) is 0 Å². The zero-order valence-corrected chi connectivity index (χ0v) is 28.7. The highest BCUT2D eigenvalue weighted by Crippen LogP contribution is 2.33. The first-order valence-electron chi connectivity index (χ1n) is 14.1. The van der Waals surface area contributed by atoms with E-state index in [2.05, 4.69) is 19.9 Å². The second-order valence-electron chi connectivity index (χ2n) is 10.1. The summed E-state index contributed by atoms with van der Waals surface area (Å²) in [6.07, 6.45) is 0. The Kier molecular flexibility index (Phi) is 12.4. The number of hydrogen-bond donors (Lipinski definition) is 2. The van der Waals surface area contributed by atoms with Crippen LogP contribution in [-0.2, 0) is 0 Å². The van der Waals surface area contributed by atoms with Crippen LogP contribution < -0.4 is 0 Å². The SMILES string of the molecule is N#Cc1nc(-c2ccc(Cl)cc2)c(-c2ccc(Cl)cc2)nc1C#N.O.O=C(O)c1nc(-c2ccc(Cl)cc2)c(-c2ccc(Cl)cc2)nc1C(=O)O. The maximum absolute atomic E-state index is 11.5. The molecule has 0 bridgehead atoms. The van der Waals surface area contributed by atoms with E-state index in [1.807, 2.05) is 12.1 Å². The Balaban J connectivity index is 0.000000225. The van der Waals surface area contributed by atoms with Crippen molar-refractivity contribution in [1.82, 2.24) is 19.9 Å². The molecular formula is C36H20Cl4N6O5. The van der Waals surface area contributed by atoms with E-state index in [9.17, 15) is 30.3 Å². The molecule has 0 saturated heterocycles. The van der Waals surface area contributed by atoms with Gasteiger partial charge in [0.2, 0.25) is 0 Å². The van der Waals surface area contributed by atoms with Gasteiger partial charge < -0.3 is 15.7 Å². The zero-order chi connectivity index (χ0) is 35.9. The quantitative estimate of drug-likeness (QED) is 0.165. The predicted octanol–water partition coefficient (Wildman–Crippen LogP) is 8.55. The summed E-state index contributed by atoms with van der Waals surface area (Å²) in [4.78, 5) is 39.7. The molecule has 0 aliphatic heterocycles. The van der Waals surface area contributed by atoms with Crippen LogP contribution in [0, 0.1) is 22.7 Å². The summed E-state index contributed by atoms with van der Waals surface area (Å²) in [6.45, 7) is 0. The van der Waals surface area contributed by atoms with E-state index in [0.717, 1.165) is 11.1 Å². The van der Waals surface area contributed by atoms with Gasteiger partial charge in [-0.3, -0.25) is 0 Å². The average Bonchev–Trinajstić information content (AvgIpc) is 3.12. The van der Waals surface area contributed by atoms with Gasteiger partial charge in [-0.1, -0.05) is 94.9 Å². The normalized spacial score (nSPS) is 10.1. The molecule has 4 N–H and O–H groups in total. The minimum Gasteiger partial charge on any atom is -0.476 e. The summed E-state index contributed by atoms with van der Waals surface area (Å²) in [5.41, 5.74) is 2.75. The monoisotopic (exact) mass is 756 g/mol. The molecule has 0 unspecified atom stereocenters. The topological polar surface area (TPSA) is 205 Å². The molecule has 0 spiro atoms. The Morgan fingerprint density at radius 2 is 0.667 bits per heavy atom. The highest BCUT2D eigenvalue weighted by molar-refractivity contribution is 6.31. The number of halogens is 4. The fourth-order valence-corrected chi connectivity index (χ4v) is 5.06. The second-order valence-corrected chi connectivity index (χ2v) is 11.8. The summed E-state index contributed by atoms with van der Waals surface area (Å²) in [5.74, 6) is -2.96. The molecule has 2 heterocycles. The van der Waals surface area contributed by atoms with E-state index in [4.69, 9.17) is 46.4 Å². The molecule has 4 aromatic carbocycles. The van der Waals surface area contributed by atoms with Crippen molar-refractivity contribution in [3.8, 4) is 57.2 Å². The molecule has 0 amide bonds. The molecule has 11 nitrogen and oxygen atoms in total. The second kappa shape index (κ2) is 16.7. The van der Waals surface area contributed by atoms with Crippen LogP contribution in [-0.4, -0.2) is 47.6 Å². The van der Waals surface area contributed by atoms with Crippen molar-refractivity contribution in [3.05, 3.63) is 140 Å². The number of benzene rings is 4. The summed E-state index contributed by atoms with van der Waals surface area (Å²) in [6, 6.07) is 31.0. The van der Waals surface area contributed by atoms with Gasteiger partial charge in [-0.2, -0.15) is 10.5 Å². The fourth-order valence-electron chi connectivity index (χ4n) is 4.56. The van der Waals surface area contributed by atoms with E-state index < -0.39 is 23.3 Å². The van der Waals surface area contributed by atoms with Crippen molar-refractivity contribution in [3.63, 3.8) is 0 Å². The van der Waals surface area contributed by atoms with E-state index in [1.165, 1.54) is 0 Å². The highest BCUT2D eigenvalue weighted by atomic mass is 35.5. The number of nitriles is 2. The Labute approximate surface area is 309 Å². The molecule has 0 atom stereocenters. The van der Waals surface area contributed by atoms with Gasteiger partial charge in [0, 0.05) is 42.3 Å². The van der Waals surface area contributed by atoms with E-state index in [1.54, 1.807) is 97.1 Å². The minimum absolute atomic E-state index is 0. The highest BCUT2D eigenvalue weighted by Gasteiger charge is 2.25. The molecule has 0 fully saturated rings. The lowest BCUT2D eigenvalue weighted by Gasteiger charge is -2.12. The van der Waals surface area contributed by atoms with Crippen LogP contribution in [0.15, 0.2) is 97.1 Å². The largest absolute Gasteiger partial charge is 0.476 e. The number of carbonyl (C=O) groups is 2. The first kappa shape index (κ1) is 37.9. The lowest BCUT2D eigenvalue weighted by atomic mass is 10.0. The van der Waals surface area contributed by atoms with Gasteiger partial charge in [-0.05, 0) is 48.5 Å². The van der Waals surface area contributed by atoms with Crippen LogP contribution >= 0.6 is 46.4 Å². The van der Waals surface area contributed by atoms with Crippen LogP contribution in [0.1, 0.15) is 32.4 Å². The Morgan fingerprint density at radius 1 is 0.451 bits per heavy atom. The molecule has 0 aliphatic carbocycles. The standard InChI is InChI=1S/C18H8Cl2N4.C18H10Cl2N2O4.H2O/c19-13-5-1-11(2-6-13)17-18(12-3-7-14(20)8-4-12)24-16(10-22)15(9-21)23-17;19-11-5-1-9(2-6-11)13-14(10-3-7-12(20)8-4-10)22-16(18(25)26)15(21-13)17(23)24;/h1-8H;1-8H,(H,23,24)(H,25,26);1H2. The molecule has 15 heteroatoms. The van der Waals surface area contributed by atoms with Gasteiger partial charge in [0.15, 0.2) is 22.8 Å². The fraction of sp³-hybridized carbons (Fsp3) is 0. The number of nitrogens with zero attached hydrogens (tertiary/aromatic N) is 6. The van der Waals surface area contributed by atoms with Crippen molar-refractivity contribution < 1.29 is 25.3 Å². The van der Waals surface area contributed by atoms with Gasteiger partial charge in [-0.25, -0.2) is 29.5 Å². The maximum atomic E-state index is 11.5. The molecule has 252 valence electrons. The summed E-state index contributed by atoms with van der Waals surface area (Å²) in [5, 5.41) is 39.3. The lowest BCUT2D eigenvalue weighted by molar-refractivity contribution is 0.0641. The number of carboxylic acid groups (broad SMARTS) is 2. The molecule has 2 aromatic heterocycles. The maximum Gasteiger partial charge on any atom is 0.357 e. The predicted molar refractivity (Wildman–Crippen MR) is 193 cm³/mol. The van der Waals surface area contributed by atoms with Crippen molar-refractivity contribution >= 4 is 58.3 Å². The van der Waals surface area contributed by atoms with Gasteiger partial charge in [0.25, 0.3) is 0 Å². The first-order valence-corrected chi connectivity index (χ1v) is 15.6. The van der Waals surface area contributed by atoms with E-state index in [-0.39, 0.29) is 28.3 Å². The van der Waals surface area contributed by atoms with E-state index >= 15 is 0 Å². The van der Waals surface area contributed by atoms with E-state index in [0.29, 0.717) is 42.6 Å². The Morgan fingerprint density at radius 3 is 0.863 bits per heavy atom. The number of aromatic carboxylic acids is 2. The zero-order valence-electron chi connectivity index (χ0n) is 25.6. The van der Waals surface area contributed by atoms with Gasteiger partial charge in [-0.15, -0.1) is 0 Å². The Bertz CT molecular complexity index is 2160. The van der Waals surface area contributed by atoms with Crippen LogP contribution in [0.25, 0.3) is 45.0 Å². The number of aromatic nitrogens is 4. The third kappa shape index (κ3) is 8.82. The third-order valence-electron chi connectivity index (χ3n) is 6.88. The lowest BCUT2D eigenvalue weighted by Crippen LogP contribution is -2.15. The summed E-state index contributed by atoms with van der Waals surface area (Å²) in [7, 11) is 0.